The Morgan fingerprint density at radius 3 is 2.27 bits per heavy atom. The number of likely N-dealkylation sites (N-methyl/N-ethyl adjacent to an activating group) is 1. The fourth-order valence-electron chi connectivity index (χ4n) is 5.10. The summed E-state index contributed by atoms with van der Waals surface area (Å²) < 4.78 is 32.8. The molecule has 3 aromatic rings. The van der Waals surface area contributed by atoms with Gasteiger partial charge in [-0.15, -0.1) is 0 Å². The highest BCUT2D eigenvalue weighted by atomic mass is 32.2. The lowest BCUT2D eigenvalue weighted by Crippen LogP contribution is -2.40. The van der Waals surface area contributed by atoms with Gasteiger partial charge in [0.2, 0.25) is 0 Å². The Kier molecular flexibility index (Phi) is 6.18. The van der Waals surface area contributed by atoms with E-state index in [9.17, 15) is 8.78 Å². The third-order valence-corrected chi connectivity index (χ3v) is 7.65. The lowest BCUT2D eigenvalue weighted by atomic mass is 9.88. The minimum atomic E-state index is -0.262. The number of amidine groups is 1. The average molecular weight is 514 g/mol. The maximum absolute atomic E-state index is 13.9. The Balaban J connectivity index is 1.49. The smallest absolute Gasteiger partial charge is 0.174 e. The van der Waals surface area contributed by atoms with Gasteiger partial charge in [-0.05, 0) is 89.5 Å². The Morgan fingerprint density at radius 2 is 1.59 bits per heavy atom. The van der Waals surface area contributed by atoms with E-state index in [-0.39, 0.29) is 17.7 Å². The van der Waals surface area contributed by atoms with E-state index in [1.54, 1.807) is 31.0 Å². The number of hydrogen-bond acceptors (Lipinski definition) is 5. The van der Waals surface area contributed by atoms with Crippen LogP contribution in [0.5, 0.6) is 5.75 Å². The van der Waals surface area contributed by atoms with Gasteiger partial charge in [0.1, 0.15) is 17.4 Å². The van der Waals surface area contributed by atoms with E-state index < -0.39 is 0 Å². The molecule has 0 bridgehead atoms. The van der Waals surface area contributed by atoms with Gasteiger partial charge in [0.25, 0.3) is 0 Å². The van der Waals surface area contributed by atoms with Gasteiger partial charge in [0.05, 0.1) is 24.5 Å². The molecule has 3 heterocycles. The third-order valence-electron chi connectivity index (χ3n) is 6.81. The van der Waals surface area contributed by atoms with Gasteiger partial charge in [0.15, 0.2) is 5.17 Å². The molecule has 0 aliphatic carbocycles. The molecule has 4 nitrogen and oxygen atoms in total. The Hall–Kier alpha value is -3.68. The second-order valence-corrected chi connectivity index (χ2v) is 10.2. The summed E-state index contributed by atoms with van der Waals surface area (Å²) in [5.41, 5.74) is 7.22. The van der Waals surface area contributed by atoms with Crippen LogP contribution in [0.15, 0.2) is 100 Å². The van der Waals surface area contributed by atoms with Gasteiger partial charge in [-0.3, -0.25) is 4.90 Å². The van der Waals surface area contributed by atoms with E-state index in [1.165, 1.54) is 24.3 Å². The van der Waals surface area contributed by atoms with Crippen molar-refractivity contribution in [2.45, 2.75) is 6.04 Å². The predicted molar refractivity (Wildman–Crippen MR) is 146 cm³/mol. The maximum Gasteiger partial charge on any atom is 0.174 e. The summed E-state index contributed by atoms with van der Waals surface area (Å²) in [4.78, 5) is 9.68. The summed E-state index contributed by atoms with van der Waals surface area (Å²) in [6, 6.07) is 21.1. The molecule has 0 spiro atoms. The van der Waals surface area contributed by atoms with Crippen molar-refractivity contribution < 1.29 is 13.5 Å². The Labute approximate surface area is 219 Å². The van der Waals surface area contributed by atoms with Crippen molar-refractivity contribution >= 4 is 28.7 Å². The molecule has 0 aromatic heterocycles. The number of aliphatic imine (C=N–C) groups is 1. The lowest BCUT2D eigenvalue weighted by molar-refractivity contribution is 0.344. The highest BCUT2D eigenvalue weighted by Crippen LogP contribution is 2.49. The molecule has 0 radical (unpaired) electrons. The van der Waals surface area contributed by atoms with E-state index in [0.29, 0.717) is 0 Å². The number of halogens is 2. The lowest BCUT2D eigenvalue weighted by Gasteiger charge is -2.42. The first kappa shape index (κ1) is 23.7. The van der Waals surface area contributed by atoms with Gasteiger partial charge in [-0.25, -0.2) is 13.8 Å². The highest BCUT2D eigenvalue weighted by molar-refractivity contribution is 8.16. The number of ether oxygens (including phenoxy) is 1. The van der Waals surface area contributed by atoms with Crippen molar-refractivity contribution in [3.63, 3.8) is 0 Å². The normalized spacial score (nSPS) is 20.5. The molecule has 0 fully saturated rings. The van der Waals surface area contributed by atoms with Crippen LogP contribution in [0.1, 0.15) is 22.7 Å². The average Bonchev–Trinajstić information content (AvgIpc) is 3.33. The molecule has 3 aliphatic heterocycles. The summed E-state index contributed by atoms with van der Waals surface area (Å²) >= 11 is 1.59. The van der Waals surface area contributed by atoms with E-state index in [4.69, 9.17) is 9.73 Å². The minimum Gasteiger partial charge on any atom is -0.497 e. The topological polar surface area (TPSA) is 28.1 Å². The van der Waals surface area contributed by atoms with E-state index in [1.807, 2.05) is 36.4 Å². The Morgan fingerprint density at radius 1 is 0.919 bits per heavy atom. The third kappa shape index (κ3) is 4.49. The minimum absolute atomic E-state index is 0.147. The molecule has 0 saturated carbocycles. The summed E-state index contributed by atoms with van der Waals surface area (Å²) in [7, 11) is 3.74. The van der Waals surface area contributed by atoms with Crippen LogP contribution in [0.25, 0.3) is 11.8 Å². The van der Waals surface area contributed by atoms with Crippen molar-refractivity contribution in [2.24, 2.45) is 4.99 Å². The number of benzene rings is 3. The zero-order valence-electron chi connectivity index (χ0n) is 20.5. The highest BCUT2D eigenvalue weighted by Gasteiger charge is 2.41. The van der Waals surface area contributed by atoms with Gasteiger partial charge >= 0.3 is 0 Å². The van der Waals surface area contributed by atoms with Crippen LogP contribution in [-0.2, 0) is 0 Å². The second-order valence-electron chi connectivity index (χ2n) is 9.34. The summed E-state index contributed by atoms with van der Waals surface area (Å²) in [6.45, 7) is 1.46. The van der Waals surface area contributed by atoms with Gasteiger partial charge in [-0.2, -0.15) is 0 Å². The second kappa shape index (κ2) is 9.65. The molecule has 0 unspecified atom stereocenters. The summed E-state index contributed by atoms with van der Waals surface area (Å²) in [5, 5.41) is 3.01. The van der Waals surface area contributed by atoms with Crippen LogP contribution in [0.2, 0.25) is 0 Å². The van der Waals surface area contributed by atoms with Crippen LogP contribution in [0, 0.1) is 11.6 Å². The number of nitrogens with zero attached hydrogens (tertiary/aromatic N) is 3. The SMILES string of the molecule is COc1ccc(C2=CSC3=NC4=C(CN(C)C/C4=C\c4ccc(F)cc4)[C@@H](c4ccc(F)cc4)N23)cc1. The quantitative estimate of drug-likeness (QED) is 0.387. The fourth-order valence-corrected chi connectivity index (χ4v) is 6.03. The monoisotopic (exact) mass is 513 g/mol. The van der Waals surface area contributed by atoms with Crippen LogP contribution in [0.3, 0.4) is 0 Å². The zero-order valence-corrected chi connectivity index (χ0v) is 21.3. The van der Waals surface area contributed by atoms with Gasteiger partial charge < -0.3 is 9.64 Å². The molecular formula is C30H25F2N3OS. The molecule has 1 atom stereocenters. The molecule has 3 aliphatic rings. The first-order chi connectivity index (χ1) is 18.0. The molecule has 7 heteroatoms. The molecular weight excluding hydrogens is 488 g/mol. The molecule has 0 N–H and O–H groups in total. The number of methoxy groups -OCH3 is 1. The number of thioether (sulfide) groups is 1. The zero-order chi connectivity index (χ0) is 25.5. The standard InChI is InChI=1S/C30H25F2N3OS/c1-34-16-22(15-19-3-9-23(31)10-4-19)28-26(17-34)29(21-5-11-24(32)12-6-21)35-27(18-37-30(35)33-28)20-7-13-25(36-2)14-8-20/h3-15,18,29H,16-17H2,1-2H3/b22-15+/t29-/m1/s1. The van der Waals surface area contributed by atoms with Crippen LogP contribution < -0.4 is 4.74 Å². The summed E-state index contributed by atoms with van der Waals surface area (Å²) in [5.74, 6) is 0.279. The van der Waals surface area contributed by atoms with Crippen molar-refractivity contribution in [2.75, 3.05) is 27.2 Å². The molecule has 3 aromatic carbocycles. The van der Waals surface area contributed by atoms with Gasteiger partial charge in [-0.1, -0.05) is 36.0 Å². The first-order valence-electron chi connectivity index (χ1n) is 12.0. The molecule has 0 saturated heterocycles. The summed E-state index contributed by atoms with van der Waals surface area (Å²) in [6.07, 6.45) is 2.09. The number of hydrogen-bond donors (Lipinski definition) is 0. The van der Waals surface area contributed by atoms with E-state index in [2.05, 4.69) is 28.3 Å². The van der Waals surface area contributed by atoms with Crippen LogP contribution >= 0.6 is 11.8 Å². The van der Waals surface area contributed by atoms with Crippen molar-refractivity contribution in [1.29, 1.82) is 0 Å². The van der Waals surface area contributed by atoms with Gasteiger partial charge in [0, 0.05) is 18.5 Å². The first-order valence-corrected chi connectivity index (χ1v) is 12.9. The van der Waals surface area contributed by atoms with Crippen molar-refractivity contribution in [1.82, 2.24) is 9.80 Å². The molecule has 0 amide bonds. The van der Waals surface area contributed by atoms with E-state index >= 15 is 0 Å². The van der Waals surface area contributed by atoms with Crippen molar-refractivity contribution in [3.8, 4) is 5.75 Å². The number of rotatable bonds is 4. The van der Waals surface area contributed by atoms with Crippen LogP contribution in [-0.4, -0.2) is 42.2 Å². The van der Waals surface area contributed by atoms with Crippen LogP contribution in [0.4, 0.5) is 8.78 Å². The van der Waals surface area contributed by atoms with Crippen molar-refractivity contribution in [3.05, 3.63) is 123 Å². The largest absolute Gasteiger partial charge is 0.497 e. The fraction of sp³-hybridized carbons (Fsp3) is 0.167. The predicted octanol–water partition coefficient (Wildman–Crippen LogP) is 6.71. The molecule has 6 rings (SSSR count). The molecule has 186 valence electrons. The Bertz CT molecular complexity index is 1460. The van der Waals surface area contributed by atoms with E-state index in [0.717, 1.165) is 63.2 Å². The number of fused-ring (bicyclic) bond motifs is 1. The molecule has 37 heavy (non-hydrogen) atoms. The maximum atomic E-state index is 13.9.